The van der Waals surface area contributed by atoms with E-state index in [1.54, 1.807) is 0 Å². The van der Waals surface area contributed by atoms with Crippen molar-refractivity contribution in [1.29, 1.82) is 0 Å². The standard InChI is InChI=1S/C8H15Cl/c1-5-7(4)8(9)6(2)3/h5-6,8H,1-4H3/b7-5+. The first-order valence-electron chi connectivity index (χ1n) is 3.36. The Kier molecular flexibility index (Phi) is 3.96. The zero-order valence-corrected chi connectivity index (χ0v) is 7.37. The topological polar surface area (TPSA) is 0 Å². The molecule has 0 fully saturated rings. The summed E-state index contributed by atoms with van der Waals surface area (Å²) in [5.41, 5.74) is 1.27. The van der Waals surface area contributed by atoms with E-state index in [0.717, 1.165) is 0 Å². The first-order valence-corrected chi connectivity index (χ1v) is 3.80. The van der Waals surface area contributed by atoms with Crippen molar-refractivity contribution in [3.05, 3.63) is 11.6 Å². The van der Waals surface area contributed by atoms with Crippen LogP contribution in [0.4, 0.5) is 0 Å². The largest absolute Gasteiger partial charge is 0.118 e. The van der Waals surface area contributed by atoms with Crippen LogP contribution in [0.15, 0.2) is 11.6 Å². The molecule has 0 nitrogen and oxygen atoms in total. The lowest BCUT2D eigenvalue weighted by molar-refractivity contribution is 0.650. The van der Waals surface area contributed by atoms with Crippen molar-refractivity contribution < 1.29 is 0 Å². The van der Waals surface area contributed by atoms with Crippen LogP contribution in [0.1, 0.15) is 27.7 Å². The highest BCUT2D eigenvalue weighted by atomic mass is 35.5. The molecule has 54 valence electrons. The fraction of sp³-hybridized carbons (Fsp3) is 0.750. The Bertz CT molecular complexity index is 103. The molecule has 0 saturated heterocycles. The molecule has 0 radical (unpaired) electrons. The lowest BCUT2D eigenvalue weighted by atomic mass is 10.0. The minimum Gasteiger partial charge on any atom is -0.118 e. The number of alkyl halides is 1. The molecule has 0 aromatic carbocycles. The molecule has 9 heavy (non-hydrogen) atoms. The quantitative estimate of drug-likeness (QED) is 0.415. The molecule has 0 aromatic heterocycles. The Labute approximate surface area is 62.9 Å². The number of rotatable bonds is 2. The van der Waals surface area contributed by atoms with Crippen LogP contribution in [0, 0.1) is 5.92 Å². The molecule has 0 aliphatic heterocycles. The van der Waals surface area contributed by atoms with Crippen LogP contribution in [0.3, 0.4) is 0 Å². The summed E-state index contributed by atoms with van der Waals surface area (Å²) in [5, 5.41) is 0.218. The van der Waals surface area contributed by atoms with Crippen molar-refractivity contribution in [2.45, 2.75) is 33.1 Å². The van der Waals surface area contributed by atoms with E-state index in [1.165, 1.54) is 5.57 Å². The molecule has 1 atom stereocenters. The lowest BCUT2D eigenvalue weighted by Crippen LogP contribution is -2.08. The summed E-state index contributed by atoms with van der Waals surface area (Å²) in [6.07, 6.45) is 2.07. The van der Waals surface area contributed by atoms with Gasteiger partial charge in [-0.3, -0.25) is 0 Å². The first-order chi connectivity index (χ1) is 4.09. The van der Waals surface area contributed by atoms with Crippen LogP contribution in [0.2, 0.25) is 0 Å². The van der Waals surface area contributed by atoms with Crippen molar-refractivity contribution >= 4 is 11.6 Å². The minimum atomic E-state index is 0.218. The SMILES string of the molecule is C/C=C(\C)C(Cl)C(C)C. The predicted molar refractivity (Wildman–Crippen MR) is 43.9 cm³/mol. The van der Waals surface area contributed by atoms with Gasteiger partial charge in [-0.1, -0.05) is 25.5 Å². The summed E-state index contributed by atoms with van der Waals surface area (Å²) in [7, 11) is 0. The molecule has 0 saturated carbocycles. The molecule has 0 amide bonds. The smallest absolute Gasteiger partial charge is 0.0565 e. The van der Waals surface area contributed by atoms with E-state index >= 15 is 0 Å². The van der Waals surface area contributed by atoms with Crippen LogP contribution in [-0.2, 0) is 0 Å². The monoisotopic (exact) mass is 146 g/mol. The van der Waals surface area contributed by atoms with Gasteiger partial charge < -0.3 is 0 Å². The normalized spacial score (nSPS) is 16.4. The van der Waals surface area contributed by atoms with Crippen LogP contribution in [0.5, 0.6) is 0 Å². The molecular formula is C8H15Cl. The highest BCUT2D eigenvalue weighted by Crippen LogP contribution is 2.17. The van der Waals surface area contributed by atoms with E-state index in [4.69, 9.17) is 11.6 Å². The highest BCUT2D eigenvalue weighted by Gasteiger charge is 2.09. The Morgan fingerprint density at radius 2 is 1.89 bits per heavy atom. The van der Waals surface area contributed by atoms with E-state index in [1.807, 2.05) is 6.92 Å². The maximum atomic E-state index is 6.00. The molecule has 0 heterocycles. The van der Waals surface area contributed by atoms with Crippen molar-refractivity contribution in [3.8, 4) is 0 Å². The molecule has 0 N–H and O–H groups in total. The summed E-state index contributed by atoms with van der Waals surface area (Å²) >= 11 is 6.00. The van der Waals surface area contributed by atoms with E-state index in [0.29, 0.717) is 5.92 Å². The van der Waals surface area contributed by atoms with Gasteiger partial charge in [0.15, 0.2) is 0 Å². The molecule has 1 heteroatoms. The average molecular weight is 147 g/mol. The van der Waals surface area contributed by atoms with Crippen molar-refractivity contribution in [2.24, 2.45) is 5.92 Å². The summed E-state index contributed by atoms with van der Waals surface area (Å²) in [6, 6.07) is 0. The van der Waals surface area contributed by atoms with Crippen molar-refractivity contribution in [2.75, 3.05) is 0 Å². The van der Waals surface area contributed by atoms with Gasteiger partial charge in [0.25, 0.3) is 0 Å². The summed E-state index contributed by atoms with van der Waals surface area (Å²) < 4.78 is 0. The summed E-state index contributed by atoms with van der Waals surface area (Å²) in [6.45, 7) is 8.35. The molecule has 0 aliphatic rings. The first kappa shape index (κ1) is 9.03. The van der Waals surface area contributed by atoms with Gasteiger partial charge in [0, 0.05) is 0 Å². The van der Waals surface area contributed by atoms with Crippen molar-refractivity contribution in [1.82, 2.24) is 0 Å². The van der Waals surface area contributed by atoms with Gasteiger partial charge in [0.1, 0.15) is 0 Å². The summed E-state index contributed by atoms with van der Waals surface area (Å²) in [4.78, 5) is 0. The van der Waals surface area contributed by atoms with Gasteiger partial charge >= 0.3 is 0 Å². The minimum absolute atomic E-state index is 0.218. The van der Waals surface area contributed by atoms with Crippen LogP contribution >= 0.6 is 11.6 Å². The maximum Gasteiger partial charge on any atom is 0.0565 e. The lowest BCUT2D eigenvalue weighted by Gasteiger charge is -2.12. The van der Waals surface area contributed by atoms with Crippen LogP contribution < -0.4 is 0 Å². The predicted octanol–water partition coefficient (Wildman–Crippen LogP) is 3.22. The Hall–Kier alpha value is 0.0300. The highest BCUT2D eigenvalue weighted by molar-refractivity contribution is 6.22. The van der Waals surface area contributed by atoms with Gasteiger partial charge in [0.2, 0.25) is 0 Å². The molecule has 0 aliphatic carbocycles. The van der Waals surface area contributed by atoms with Gasteiger partial charge in [-0.2, -0.15) is 0 Å². The Balaban J connectivity index is 3.88. The third-order valence-electron chi connectivity index (χ3n) is 1.48. The molecule has 0 spiro atoms. The average Bonchev–Trinajstić information content (AvgIpc) is 1.84. The van der Waals surface area contributed by atoms with Gasteiger partial charge in [-0.25, -0.2) is 0 Å². The van der Waals surface area contributed by atoms with Gasteiger partial charge in [-0.15, -0.1) is 11.6 Å². The molecular weight excluding hydrogens is 132 g/mol. The zero-order valence-electron chi connectivity index (χ0n) is 6.61. The third-order valence-corrected chi connectivity index (χ3v) is 2.32. The molecule has 0 aromatic rings. The Morgan fingerprint density at radius 1 is 1.44 bits per heavy atom. The number of allylic oxidation sites excluding steroid dienone is 2. The second kappa shape index (κ2) is 3.94. The van der Waals surface area contributed by atoms with E-state index < -0.39 is 0 Å². The fourth-order valence-corrected chi connectivity index (χ4v) is 0.811. The number of halogens is 1. The van der Waals surface area contributed by atoms with Gasteiger partial charge in [-0.05, 0) is 19.8 Å². The van der Waals surface area contributed by atoms with E-state index in [2.05, 4.69) is 26.8 Å². The van der Waals surface area contributed by atoms with Crippen LogP contribution in [-0.4, -0.2) is 5.38 Å². The zero-order chi connectivity index (χ0) is 7.44. The second-order valence-corrected chi connectivity index (χ2v) is 3.15. The summed E-state index contributed by atoms with van der Waals surface area (Å²) in [5.74, 6) is 0.544. The maximum absolute atomic E-state index is 6.00. The molecule has 0 rings (SSSR count). The number of hydrogen-bond acceptors (Lipinski definition) is 0. The van der Waals surface area contributed by atoms with E-state index in [9.17, 15) is 0 Å². The van der Waals surface area contributed by atoms with Gasteiger partial charge in [0.05, 0.1) is 5.38 Å². The Morgan fingerprint density at radius 3 is 2.00 bits per heavy atom. The van der Waals surface area contributed by atoms with Crippen LogP contribution in [0.25, 0.3) is 0 Å². The third kappa shape index (κ3) is 2.90. The molecule has 0 bridgehead atoms. The fourth-order valence-electron chi connectivity index (χ4n) is 0.685. The molecule has 1 unspecified atom stereocenters. The second-order valence-electron chi connectivity index (χ2n) is 2.68. The van der Waals surface area contributed by atoms with E-state index in [-0.39, 0.29) is 5.38 Å². The van der Waals surface area contributed by atoms with Crippen molar-refractivity contribution in [3.63, 3.8) is 0 Å². The number of hydrogen-bond donors (Lipinski definition) is 0.